The van der Waals surface area contributed by atoms with Gasteiger partial charge in [-0.1, -0.05) is 6.07 Å². The molecule has 14 heavy (non-hydrogen) atoms. The molecular formula is C10H14BrNO2. The number of benzene rings is 1. The first kappa shape index (κ1) is 11.5. The molecule has 1 aromatic carbocycles. The van der Waals surface area contributed by atoms with E-state index in [2.05, 4.69) is 15.9 Å². The molecule has 0 bridgehead atoms. The van der Waals surface area contributed by atoms with E-state index in [4.69, 9.17) is 15.2 Å². The predicted molar refractivity (Wildman–Crippen MR) is 59.2 cm³/mol. The number of ether oxygens (including phenoxy) is 2. The van der Waals surface area contributed by atoms with E-state index in [1.54, 1.807) is 0 Å². The van der Waals surface area contributed by atoms with Crippen LogP contribution in [0.15, 0.2) is 22.7 Å². The third-order valence-electron chi connectivity index (χ3n) is 1.73. The highest BCUT2D eigenvalue weighted by atomic mass is 79.9. The summed E-state index contributed by atoms with van der Waals surface area (Å²) >= 11 is 3.40. The zero-order valence-corrected chi connectivity index (χ0v) is 9.71. The predicted octanol–water partition coefficient (Wildman–Crippen LogP) is 2.28. The maximum Gasteiger partial charge on any atom is 0.189 e. The number of hydrogen-bond acceptors (Lipinski definition) is 3. The molecule has 0 aromatic heterocycles. The zero-order valence-electron chi connectivity index (χ0n) is 8.13. The van der Waals surface area contributed by atoms with Crippen LogP contribution >= 0.6 is 15.9 Å². The Balaban J connectivity index is 2.59. The quantitative estimate of drug-likeness (QED) is 0.652. The van der Waals surface area contributed by atoms with Gasteiger partial charge in [0.15, 0.2) is 6.79 Å². The largest absolute Gasteiger partial charge is 0.466 e. The molecule has 4 heteroatoms. The Labute approximate surface area is 92.3 Å². The molecule has 0 saturated carbocycles. The van der Waals surface area contributed by atoms with Crippen LogP contribution in [0.1, 0.15) is 12.5 Å². The van der Waals surface area contributed by atoms with Crippen molar-refractivity contribution in [2.24, 2.45) is 5.73 Å². The third kappa shape index (κ3) is 3.29. The lowest BCUT2D eigenvalue weighted by molar-refractivity contribution is 0.0219. The van der Waals surface area contributed by atoms with E-state index >= 15 is 0 Å². The lowest BCUT2D eigenvalue weighted by atomic mass is 10.2. The summed E-state index contributed by atoms with van der Waals surface area (Å²) in [5.41, 5.74) is 6.57. The molecule has 0 saturated heterocycles. The Morgan fingerprint density at radius 1 is 1.43 bits per heavy atom. The zero-order chi connectivity index (χ0) is 10.4. The van der Waals surface area contributed by atoms with Gasteiger partial charge in [0.25, 0.3) is 0 Å². The van der Waals surface area contributed by atoms with E-state index in [1.165, 1.54) is 0 Å². The van der Waals surface area contributed by atoms with Crippen LogP contribution in [0.5, 0.6) is 5.75 Å². The van der Waals surface area contributed by atoms with Crippen molar-refractivity contribution < 1.29 is 9.47 Å². The van der Waals surface area contributed by atoms with Crippen LogP contribution in [0.3, 0.4) is 0 Å². The topological polar surface area (TPSA) is 44.5 Å². The standard InChI is InChI=1S/C10H14BrNO2/c1-2-13-7-14-10-4-3-8(6-12)5-9(10)11/h3-5H,2,6-7,12H2,1H3. The van der Waals surface area contributed by atoms with Crippen LogP contribution in [-0.4, -0.2) is 13.4 Å². The second-order valence-electron chi connectivity index (χ2n) is 2.72. The normalized spacial score (nSPS) is 10.2. The van der Waals surface area contributed by atoms with E-state index in [0.29, 0.717) is 13.2 Å². The summed E-state index contributed by atoms with van der Waals surface area (Å²) in [6, 6.07) is 5.76. The Bertz CT molecular complexity index is 291. The summed E-state index contributed by atoms with van der Waals surface area (Å²) in [6.07, 6.45) is 0. The molecule has 1 rings (SSSR count). The van der Waals surface area contributed by atoms with E-state index in [9.17, 15) is 0 Å². The van der Waals surface area contributed by atoms with Gasteiger partial charge in [0.05, 0.1) is 4.47 Å². The van der Waals surface area contributed by atoms with Crippen molar-refractivity contribution in [1.29, 1.82) is 0 Å². The highest BCUT2D eigenvalue weighted by molar-refractivity contribution is 9.10. The highest BCUT2D eigenvalue weighted by Crippen LogP contribution is 2.25. The average molecular weight is 260 g/mol. The van der Waals surface area contributed by atoms with Crippen molar-refractivity contribution in [3.63, 3.8) is 0 Å². The lowest BCUT2D eigenvalue weighted by Crippen LogP contribution is -2.03. The van der Waals surface area contributed by atoms with Crippen LogP contribution in [0, 0.1) is 0 Å². The summed E-state index contributed by atoms with van der Waals surface area (Å²) in [6.45, 7) is 3.38. The minimum absolute atomic E-state index is 0.275. The second-order valence-corrected chi connectivity index (χ2v) is 3.58. The minimum Gasteiger partial charge on any atom is -0.466 e. The van der Waals surface area contributed by atoms with Crippen LogP contribution in [-0.2, 0) is 11.3 Å². The average Bonchev–Trinajstić information content (AvgIpc) is 2.20. The molecule has 78 valence electrons. The summed E-state index contributed by atoms with van der Waals surface area (Å²) in [5, 5.41) is 0. The number of rotatable bonds is 5. The molecule has 0 heterocycles. The summed E-state index contributed by atoms with van der Waals surface area (Å²) < 4.78 is 11.4. The van der Waals surface area contributed by atoms with E-state index in [-0.39, 0.29) is 6.79 Å². The lowest BCUT2D eigenvalue weighted by Gasteiger charge is -2.08. The molecule has 0 aliphatic heterocycles. The molecule has 0 radical (unpaired) electrons. The molecule has 0 fully saturated rings. The van der Waals surface area contributed by atoms with Gasteiger partial charge >= 0.3 is 0 Å². The van der Waals surface area contributed by atoms with Crippen molar-refractivity contribution in [2.75, 3.05) is 13.4 Å². The van der Waals surface area contributed by atoms with E-state index < -0.39 is 0 Å². The minimum atomic E-state index is 0.275. The van der Waals surface area contributed by atoms with Crippen molar-refractivity contribution in [3.8, 4) is 5.75 Å². The first-order valence-corrected chi connectivity index (χ1v) is 5.26. The third-order valence-corrected chi connectivity index (χ3v) is 2.35. The molecule has 3 nitrogen and oxygen atoms in total. The highest BCUT2D eigenvalue weighted by Gasteiger charge is 2.01. The first-order chi connectivity index (χ1) is 6.77. The van der Waals surface area contributed by atoms with Gasteiger partial charge in [0, 0.05) is 13.2 Å². The van der Waals surface area contributed by atoms with Gasteiger partial charge in [0.1, 0.15) is 5.75 Å². The van der Waals surface area contributed by atoms with Gasteiger partial charge in [-0.2, -0.15) is 0 Å². The molecule has 2 N–H and O–H groups in total. The van der Waals surface area contributed by atoms with Gasteiger partial charge in [0.2, 0.25) is 0 Å². The Kier molecular flexibility index (Phi) is 4.93. The molecule has 1 aromatic rings. The summed E-state index contributed by atoms with van der Waals surface area (Å²) in [4.78, 5) is 0. The first-order valence-electron chi connectivity index (χ1n) is 4.47. The maximum atomic E-state index is 5.50. The Morgan fingerprint density at radius 3 is 2.79 bits per heavy atom. The Hall–Kier alpha value is -0.580. The van der Waals surface area contributed by atoms with Crippen LogP contribution in [0.25, 0.3) is 0 Å². The van der Waals surface area contributed by atoms with Gasteiger partial charge in [-0.15, -0.1) is 0 Å². The van der Waals surface area contributed by atoms with Crippen molar-refractivity contribution in [3.05, 3.63) is 28.2 Å². The molecule has 0 amide bonds. The Morgan fingerprint density at radius 2 is 2.21 bits per heavy atom. The van der Waals surface area contributed by atoms with Gasteiger partial charge < -0.3 is 15.2 Å². The fraction of sp³-hybridized carbons (Fsp3) is 0.400. The van der Waals surface area contributed by atoms with Crippen LogP contribution in [0.2, 0.25) is 0 Å². The van der Waals surface area contributed by atoms with Crippen LogP contribution in [0.4, 0.5) is 0 Å². The monoisotopic (exact) mass is 259 g/mol. The molecule has 0 aliphatic rings. The summed E-state index contributed by atoms with van der Waals surface area (Å²) in [7, 11) is 0. The van der Waals surface area contributed by atoms with Crippen molar-refractivity contribution in [1.82, 2.24) is 0 Å². The van der Waals surface area contributed by atoms with Crippen molar-refractivity contribution in [2.45, 2.75) is 13.5 Å². The maximum absolute atomic E-state index is 5.50. The molecular weight excluding hydrogens is 246 g/mol. The van der Waals surface area contributed by atoms with E-state index in [0.717, 1.165) is 15.8 Å². The van der Waals surface area contributed by atoms with E-state index in [1.807, 2.05) is 25.1 Å². The number of hydrogen-bond donors (Lipinski definition) is 1. The molecule has 0 spiro atoms. The van der Waals surface area contributed by atoms with Gasteiger partial charge in [-0.3, -0.25) is 0 Å². The van der Waals surface area contributed by atoms with Crippen molar-refractivity contribution >= 4 is 15.9 Å². The second kappa shape index (κ2) is 6.01. The fourth-order valence-corrected chi connectivity index (χ4v) is 1.52. The van der Waals surface area contributed by atoms with Crippen LogP contribution < -0.4 is 10.5 Å². The molecule has 0 atom stereocenters. The number of nitrogens with two attached hydrogens (primary N) is 1. The van der Waals surface area contributed by atoms with Gasteiger partial charge in [-0.05, 0) is 40.5 Å². The fourth-order valence-electron chi connectivity index (χ4n) is 0.977. The molecule has 0 unspecified atom stereocenters. The molecule has 0 aliphatic carbocycles. The number of halogens is 1. The summed E-state index contributed by atoms with van der Waals surface area (Å²) in [5.74, 6) is 0.774. The van der Waals surface area contributed by atoms with Gasteiger partial charge in [-0.25, -0.2) is 0 Å². The SMILES string of the molecule is CCOCOc1ccc(CN)cc1Br. The smallest absolute Gasteiger partial charge is 0.189 e.